The molecule has 142 valence electrons. The lowest BCUT2D eigenvalue weighted by atomic mass is 9.98. The highest BCUT2D eigenvalue weighted by molar-refractivity contribution is 7.10. The number of ketones is 1. The zero-order valence-electron chi connectivity index (χ0n) is 15.4. The third-order valence-corrected chi connectivity index (χ3v) is 5.88. The van der Waals surface area contributed by atoms with E-state index in [1.807, 2.05) is 37.4 Å². The van der Waals surface area contributed by atoms with Gasteiger partial charge < -0.3 is 14.9 Å². The molecule has 5 nitrogen and oxygen atoms in total. The van der Waals surface area contributed by atoms with Crippen LogP contribution in [0.3, 0.4) is 0 Å². The van der Waals surface area contributed by atoms with Crippen molar-refractivity contribution in [2.24, 2.45) is 0 Å². The number of likely N-dealkylation sites (tertiary alicyclic amines) is 1. The fraction of sp³-hybridized carbons (Fsp3) is 0.300. The van der Waals surface area contributed by atoms with Crippen LogP contribution in [0.4, 0.5) is 0 Å². The van der Waals surface area contributed by atoms with Crippen LogP contribution in [-0.2, 0) is 9.59 Å². The Labute approximate surface area is 167 Å². The molecule has 1 aromatic carbocycles. The van der Waals surface area contributed by atoms with Gasteiger partial charge in [0.1, 0.15) is 5.76 Å². The van der Waals surface area contributed by atoms with Gasteiger partial charge in [0.2, 0.25) is 0 Å². The van der Waals surface area contributed by atoms with Crippen LogP contribution in [0.5, 0.6) is 0 Å². The van der Waals surface area contributed by atoms with E-state index in [2.05, 4.69) is 0 Å². The third-order valence-electron chi connectivity index (χ3n) is 4.58. The van der Waals surface area contributed by atoms with E-state index >= 15 is 0 Å². The second-order valence-corrected chi connectivity index (χ2v) is 8.16. The second-order valence-electron chi connectivity index (χ2n) is 6.77. The lowest BCUT2D eigenvalue weighted by molar-refractivity contribution is -0.140. The molecule has 3 rings (SSSR count). The van der Waals surface area contributed by atoms with Crippen molar-refractivity contribution < 1.29 is 14.7 Å². The van der Waals surface area contributed by atoms with E-state index < -0.39 is 17.7 Å². The van der Waals surface area contributed by atoms with Crippen molar-refractivity contribution in [1.29, 1.82) is 0 Å². The molecule has 2 aromatic rings. The maximum Gasteiger partial charge on any atom is 0.295 e. The van der Waals surface area contributed by atoms with Crippen LogP contribution in [0.25, 0.3) is 5.76 Å². The van der Waals surface area contributed by atoms with Crippen LogP contribution < -0.4 is 0 Å². The van der Waals surface area contributed by atoms with Gasteiger partial charge in [0.05, 0.1) is 11.6 Å². The third kappa shape index (κ3) is 3.78. The summed E-state index contributed by atoms with van der Waals surface area (Å²) in [6.45, 7) is 2.95. The maximum atomic E-state index is 12.8. The number of aliphatic hydroxyl groups is 1. The lowest BCUT2D eigenvalue weighted by Gasteiger charge is -2.26. The van der Waals surface area contributed by atoms with E-state index in [1.165, 1.54) is 11.3 Å². The van der Waals surface area contributed by atoms with E-state index in [0.29, 0.717) is 23.7 Å². The van der Waals surface area contributed by atoms with Crippen LogP contribution in [0.2, 0.25) is 5.02 Å². The first-order chi connectivity index (χ1) is 12.8. The minimum absolute atomic E-state index is 0.117. The Balaban J connectivity index is 2.15. The molecule has 1 amide bonds. The molecule has 1 saturated heterocycles. The Morgan fingerprint density at radius 3 is 2.63 bits per heavy atom. The molecule has 1 N–H and O–H groups in total. The highest BCUT2D eigenvalue weighted by Gasteiger charge is 2.46. The van der Waals surface area contributed by atoms with Crippen LogP contribution in [0.1, 0.15) is 22.0 Å². The van der Waals surface area contributed by atoms with Gasteiger partial charge in [0.15, 0.2) is 0 Å². The molecule has 1 aliphatic rings. The molecule has 1 aliphatic heterocycles. The number of aryl methyl sites for hydroxylation is 1. The summed E-state index contributed by atoms with van der Waals surface area (Å²) in [5.41, 5.74) is 1.53. The van der Waals surface area contributed by atoms with Gasteiger partial charge in [0, 0.05) is 28.6 Å². The summed E-state index contributed by atoms with van der Waals surface area (Å²) in [5, 5.41) is 13.3. The van der Waals surface area contributed by atoms with E-state index in [4.69, 9.17) is 11.6 Å². The molecule has 1 atom stereocenters. The zero-order chi connectivity index (χ0) is 19.7. The Morgan fingerprint density at radius 2 is 2.04 bits per heavy atom. The number of carbonyl (C=O) groups excluding carboxylic acids is 2. The first-order valence-electron chi connectivity index (χ1n) is 8.54. The number of halogens is 1. The van der Waals surface area contributed by atoms with Gasteiger partial charge in [0.25, 0.3) is 11.7 Å². The summed E-state index contributed by atoms with van der Waals surface area (Å²) in [5.74, 6) is -1.44. The molecule has 0 radical (unpaired) electrons. The van der Waals surface area contributed by atoms with Crippen molar-refractivity contribution in [1.82, 2.24) is 9.80 Å². The summed E-state index contributed by atoms with van der Waals surface area (Å²) >= 11 is 7.51. The lowest BCUT2D eigenvalue weighted by Crippen LogP contribution is -2.35. The number of hydrogen-bond acceptors (Lipinski definition) is 5. The minimum Gasteiger partial charge on any atom is -0.507 e. The molecule has 27 heavy (non-hydrogen) atoms. The molecule has 0 saturated carbocycles. The summed E-state index contributed by atoms with van der Waals surface area (Å²) in [4.78, 5) is 30.0. The smallest absolute Gasteiger partial charge is 0.295 e. The Morgan fingerprint density at radius 1 is 1.30 bits per heavy atom. The minimum atomic E-state index is -0.663. The van der Waals surface area contributed by atoms with E-state index in [1.54, 1.807) is 29.2 Å². The Bertz CT molecular complexity index is 919. The summed E-state index contributed by atoms with van der Waals surface area (Å²) < 4.78 is 0. The topological polar surface area (TPSA) is 60.9 Å². The molecule has 0 spiro atoms. The number of aliphatic hydroxyl groups excluding tert-OH is 1. The number of rotatable bonds is 5. The number of carbonyl (C=O) groups is 2. The van der Waals surface area contributed by atoms with Crippen molar-refractivity contribution in [3.8, 4) is 0 Å². The highest BCUT2D eigenvalue weighted by atomic mass is 35.5. The standard InChI is InChI=1S/C20H21ClN2O3S/c1-12-7-10-27-19(12)16-15(17(24)13-5-4-6-14(21)11-13)18(25)20(26)23(16)9-8-22(2)3/h4-7,10-11,16,24H,8-9H2,1-3H3/b17-15-. The van der Waals surface area contributed by atoms with Gasteiger partial charge in [-0.25, -0.2) is 0 Å². The predicted molar refractivity (Wildman–Crippen MR) is 108 cm³/mol. The number of amides is 1. The highest BCUT2D eigenvalue weighted by Crippen LogP contribution is 2.42. The van der Waals surface area contributed by atoms with Crippen LogP contribution >= 0.6 is 22.9 Å². The normalized spacial score (nSPS) is 19.3. The number of thiophene rings is 1. The van der Waals surface area contributed by atoms with Gasteiger partial charge in [-0.05, 0) is 50.2 Å². The Hall–Kier alpha value is -2.15. The molecule has 0 aliphatic carbocycles. The van der Waals surface area contributed by atoms with Crippen LogP contribution in [-0.4, -0.2) is 53.8 Å². The van der Waals surface area contributed by atoms with Crippen molar-refractivity contribution >= 4 is 40.4 Å². The largest absolute Gasteiger partial charge is 0.507 e. The van der Waals surface area contributed by atoms with Gasteiger partial charge in [-0.2, -0.15) is 0 Å². The van der Waals surface area contributed by atoms with Crippen LogP contribution in [0, 0.1) is 6.92 Å². The van der Waals surface area contributed by atoms with E-state index in [9.17, 15) is 14.7 Å². The first kappa shape index (κ1) is 19.6. The molecule has 1 fully saturated rings. The fourth-order valence-electron chi connectivity index (χ4n) is 3.15. The molecule has 7 heteroatoms. The average Bonchev–Trinajstić information content (AvgIpc) is 3.14. The summed E-state index contributed by atoms with van der Waals surface area (Å²) in [7, 11) is 3.82. The Kier molecular flexibility index (Phi) is 5.69. The number of likely N-dealkylation sites (N-methyl/N-ethyl adjacent to an activating group) is 1. The van der Waals surface area contributed by atoms with Gasteiger partial charge in [-0.15, -0.1) is 11.3 Å². The van der Waals surface area contributed by atoms with Crippen LogP contribution in [0.15, 0.2) is 41.3 Å². The first-order valence-corrected chi connectivity index (χ1v) is 9.80. The molecular formula is C20H21ClN2O3S. The second kappa shape index (κ2) is 7.84. The molecule has 0 bridgehead atoms. The average molecular weight is 405 g/mol. The number of benzene rings is 1. The van der Waals surface area contributed by atoms with Gasteiger partial charge >= 0.3 is 0 Å². The van der Waals surface area contributed by atoms with Gasteiger partial charge in [-0.3, -0.25) is 9.59 Å². The maximum absolute atomic E-state index is 12.8. The number of hydrogen-bond donors (Lipinski definition) is 1. The monoisotopic (exact) mass is 404 g/mol. The number of Topliss-reactive ketones (excluding diaryl/α,β-unsaturated/α-hetero) is 1. The van der Waals surface area contributed by atoms with Crippen molar-refractivity contribution in [3.05, 3.63) is 62.3 Å². The van der Waals surface area contributed by atoms with Crippen molar-refractivity contribution in [2.45, 2.75) is 13.0 Å². The summed E-state index contributed by atoms with van der Waals surface area (Å²) in [6, 6.07) is 8.00. The van der Waals surface area contributed by atoms with Crippen molar-refractivity contribution in [2.75, 3.05) is 27.2 Å². The van der Waals surface area contributed by atoms with E-state index in [0.717, 1.165) is 10.4 Å². The quantitative estimate of drug-likeness (QED) is 0.469. The van der Waals surface area contributed by atoms with Crippen molar-refractivity contribution in [3.63, 3.8) is 0 Å². The fourth-order valence-corrected chi connectivity index (χ4v) is 4.38. The predicted octanol–water partition coefficient (Wildman–Crippen LogP) is 3.69. The zero-order valence-corrected chi connectivity index (χ0v) is 17.0. The SMILES string of the molecule is Cc1ccsc1C1/C(=C(/O)c2cccc(Cl)c2)C(=O)C(=O)N1CCN(C)C. The molecule has 1 unspecified atom stereocenters. The number of nitrogens with zero attached hydrogens (tertiary/aromatic N) is 2. The molecule has 1 aromatic heterocycles. The summed E-state index contributed by atoms with van der Waals surface area (Å²) in [6.07, 6.45) is 0. The van der Waals surface area contributed by atoms with E-state index in [-0.39, 0.29) is 11.3 Å². The molecule has 2 heterocycles. The molecular weight excluding hydrogens is 384 g/mol. The van der Waals surface area contributed by atoms with Gasteiger partial charge in [-0.1, -0.05) is 23.7 Å².